The van der Waals surface area contributed by atoms with Gasteiger partial charge in [0, 0.05) is 11.9 Å². The van der Waals surface area contributed by atoms with Crippen LogP contribution >= 0.6 is 11.3 Å². The molecule has 0 amide bonds. The number of nitrogen functional groups attached to an aromatic ring is 1. The van der Waals surface area contributed by atoms with Gasteiger partial charge in [0.2, 0.25) is 0 Å². The number of esters is 1. The first-order valence-corrected chi connectivity index (χ1v) is 6.06. The molecular weight excluding hydrogens is 255 g/mol. The quantitative estimate of drug-likeness (QED) is 0.685. The van der Waals surface area contributed by atoms with Gasteiger partial charge in [0.15, 0.2) is 0 Å². The predicted molar refractivity (Wildman–Crippen MR) is 66.8 cm³/mol. The monoisotopic (exact) mass is 266 g/mol. The number of ether oxygens (including phenoxy) is 1. The Morgan fingerprint density at radius 3 is 3.00 bits per heavy atom. The molecule has 94 valence electrons. The molecule has 0 saturated carbocycles. The first-order valence-electron chi connectivity index (χ1n) is 5.18. The molecule has 0 atom stereocenters. The van der Waals surface area contributed by atoms with E-state index in [1.807, 2.05) is 0 Å². The van der Waals surface area contributed by atoms with Gasteiger partial charge < -0.3 is 10.5 Å². The Balaban J connectivity index is 2.14. The molecule has 0 unspecified atom stereocenters. The predicted octanol–water partition coefficient (Wildman–Crippen LogP) is 2.53. The van der Waals surface area contributed by atoms with E-state index >= 15 is 0 Å². The molecule has 1 aromatic carbocycles. The van der Waals surface area contributed by atoms with Crippen LogP contribution in [-0.4, -0.2) is 11.0 Å². The number of anilines is 1. The average Bonchev–Trinajstić information content (AvgIpc) is 2.83. The Labute approximate surface area is 107 Å². The number of rotatable bonds is 3. The van der Waals surface area contributed by atoms with Gasteiger partial charge in [-0.2, -0.15) is 0 Å². The van der Waals surface area contributed by atoms with Crippen molar-refractivity contribution < 1.29 is 13.9 Å². The van der Waals surface area contributed by atoms with Gasteiger partial charge in [-0.3, -0.25) is 4.98 Å². The summed E-state index contributed by atoms with van der Waals surface area (Å²) in [6.07, 6.45) is 1.60. The number of hydrogen-bond acceptors (Lipinski definition) is 5. The van der Waals surface area contributed by atoms with Crippen molar-refractivity contribution in [3.63, 3.8) is 0 Å². The summed E-state index contributed by atoms with van der Waals surface area (Å²) in [5.74, 6) is -1.32. The van der Waals surface area contributed by atoms with Gasteiger partial charge in [-0.05, 0) is 24.6 Å². The maximum absolute atomic E-state index is 13.7. The molecule has 1 aromatic heterocycles. The Kier molecular flexibility index (Phi) is 3.57. The lowest BCUT2D eigenvalue weighted by Crippen LogP contribution is -2.09. The SMILES string of the molecule is Cc1cc(N)cc(C(=O)OCc2cncs2)c1F. The number of carbonyl (C=O) groups is 1. The fraction of sp³-hybridized carbons (Fsp3) is 0.167. The highest BCUT2D eigenvalue weighted by Gasteiger charge is 2.16. The highest BCUT2D eigenvalue weighted by atomic mass is 32.1. The molecule has 4 nitrogen and oxygen atoms in total. The number of aryl methyl sites for hydroxylation is 1. The van der Waals surface area contributed by atoms with E-state index in [9.17, 15) is 9.18 Å². The van der Waals surface area contributed by atoms with Crippen LogP contribution in [-0.2, 0) is 11.3 Å². The normalized spacial score (nSPS) is 10.3. The molecule has 0 fully saturated rings. The van der Waals surface area contributed by atoms with Gasteiger partial charge in [-0.25, -0.2) is 9.18 Å². The fourth-order valence-corrected chi connectivity index (χ4v) is 1.98. The van der Waals surface area contributed by atoms with E-state index in [1.165, 1.54) is 23.5 Å². The molecule has 6 heteroatoms. The first-order chi connectivity index (χ1) is 8.58. The van der Waals surface area contributed by atoms with Crippen LogP contribution in [0.2, 0.25) is 0 Å². The first kappa shape index (κ1) is 12.5. The van der Waals surface area contributed by atoms with Gasteiger partial charge in [-0.15, -0.1) is 11.3 Å². The lowest BCUT2D eigenvalue weighted by atomic mass is 10.1. The minimum atomic E-state index is -0.726. The highest BCUT2D eigenvalue weighted by molar-refractivity contribution is 7.09. The Morgan fingerprint density at radius 2 is 2.33 bits per heavy atom. The fourth-order valence-electron chi connectivity index (χ4n) is 1.47. The average molecular weight is 266 g/mol. The summed E-state index contributed by atoms with van der Waals surface area (Å²) in [6.45, 7) is 1.63. The summed E-state index contributed by atoms with van der Waals surface area (Å²) in [5.41, 5.74) is 7.72. The number of hydrogen-bond donors (Lipinski definition) is 1. The van der Waals surface area contributed by atoms with Crippen molar-refractivity contribution >= 4 is 23.0 Å². The maximum Gasteiger partial charge on any atom is 0.341 e. The van der Waals surface area contributed by atoms with E-state index in [-0.39, 0.29) is 12.2 Å². The van der Waals surface area contributed by atoms with Gasteiger partial charge in [0.1, 0.15) is 12.4 Å². The Hall–Kier alpha value is -1.95. The van der Waals surface area contributed by atoms with Gasteiger partial charge in [-0.1, -0.05) is 0 Å². The van der Waals surface area contributed by atoms with Crippen molar-refractivity contribution in [3.05, 3.63) is 45.7 Å². The molecule has 0 aliphatic heterocycles. The molecule has 2 aromatic rings. The van der Waals surface area contributed by atoms with Gasteiger partial charge in [0.05, 0.1) is 16.0 Å². The minimum Gasteiger partial charge on any atom is -0.456 e. The molecule has 0 aliphatic carbocycles. The lowest BCUT2D eigenvalue weighted by Gasteiger charge is -2.07. The second-order valence-electron chi connectivity index (χ2n) is 3.74. The van der Waals surface area contributed by atoms with Crippen LogP contribution in [0.25, 0.3) is 0 Å². The van der Waals surface area contributed by atoms with Crippen LogP contribution in [0.15, 0.2) is 23.8 Å². The lowest BCUT2D eigenvalue weighted by molar-refractivity contribution is 0.0471. The number of halogens is 1. The smallest absolute Gasteiger partial charge is 0.341 e. The largest absolute Gasteiger partial charge is 0.456 e. The minimum absolute atomic E-state index is 0.0801. The summed E-state index contributed by atoms with van der Waals surface area (Å²) < 4.78 is 18.7. The van der Waals surface area contributed by atoms with Crippen LogP contribution in [0.3, 0.4) is 0 Å². The number of thiazole rings is 1. The third kappa shape index (κ3) is 2.65. The molecule has 18 heavy (non-hydrogen) atoms. The topological polar surface area (TPSA) is 65.2 Å². The summed E-state index contributed by atoms with van der Waals surface area (Å²) in [6, 6.07) is 2.74. The zero-order chi connectivity index (χ0) is 13.1. The summed E-state index contributed by atoms with van der Waals surface area (Å²) in [5, 5.41) is 0. The highest BCUT2D eigenvalue weighted by Crippen LogP contribution is 2.18. The molecule has 2 rings (SSSR count). The van der Waals surface area contributed by atoms with Crippen molar-refractivity contribution in [1.82, 2.24) is 4.98 Å². The Bertz CT molecular complexity index is 570. The van der Waals surface area contributed by atoms with Crippen LogP contribution in [0, 0.1) is 12.7 Å². The molecule has 0 spiro atoms. The van der Waals surface area contributed by atoms with Crippen LogP contribution in [0.1, 0.15) is 20.8 Å². The van der Waals surface area contributed by atoms with Crippen molar-refractivity contribution in [2.24, 2.45) is 0 Å². The molecular formula is C12H11FN2O2S. The van der Waals surface area contributed by atoms with Crippen LogP contribution < -0.4 is 5.73 Å². The third-order valence-electron chi connectivity index (χ3n) is 2.33. The zero-order valence-electron chi connectivity index (χ0n) is 9.64. The standard InChI is InChI=1S/C12H11FN2O2S/c1-7-2-8(14)3-10(11(7)13)12(16)17-5-9-4-15-6-18-9/h2-4,6H,5,14H2,1H3. The molecule has 1 heterocycles. The number of nitrogens with zero attached hydrogens (tertiary/aromatic N) is 1. The van der Waals surface area contributed by atoms with Crippen LogP contribution in [0.5, 0.6) is 0 Å². The van der Waals surface area contributed by atoms with Crippen molar-refractivity contribution in [3.8, 4) is 0 Å². The summed E-state index contributed by atoms with van der Waals surface area (Å²) in [4.78, 5) is 16.4. The van der Waals surface area contributed by atoms with Crippen molar-refractivity contribution in [2.45, 2.75) is 13.5 Å². The zero-order valence-corrected chi connectivity index (χ0v) is 10.5. The van der Waals surface area contributed by atoms with Crippen LogP contribution in [0.4, 0.5) is 10.1 Å². The summed E-state index contributed by atoms with van der Waals surface area (Å²) >= 11 is 1.36. The molecule has 0 bridgehead atoms. The molecule has 0 radical (unpaired) electrons. The Morgan fingerprint density at radius 1 is 1.56 bits per heavy atom. The number of benzene rings is 1. The van der Waals surface area contributed by atoms with Crippen molar-refractivity contribution in [2.75, 3.05) is 5.73 Å². The number of aromatic nitrogens is 1. The second-order valence-corrected chi connectivity index (χ2v) is 4.71. The summed E-state index contributed by atoms with van der Waals surface area (Å²) in [7, 11) is 0. The molecule has 0 aliphatic rings. The van der Waals surface area contributed by atoms with E-state index in [2.05, 4.69) is 4.98 Å². The van der Waals surface area contributed by atoms with Gasteiger partial charge >= 0.3 is 5.97 Å². The van der Waals surface area contributed by atoms with Crippen molar-refractivity contribution in [1.29, 1.82) is 0 Å². The van der Waals surface area contributed by atoms with E-state index in [0.717, 1.165) is 4.88 Å². The van der Waals surface area contributed by atoms with E-state index in [4.69, 9.17) is 10.5 Å². The van der Waals surface area contributed by atoms with E-state index in [1.54, 1.807) is 18.6 Å². The number of carbonyl (C=O) groups excluding carboxylic acids is 1. The molecule has 0 saturated heterocycles. The maximum atomic E-state index is 13.7. The number of nitrogens with two attached hydrogens (primary N) is 1. The van der Waals surface area contributed by atoms with Gasteiger partial charge in [0.25, 0.3) is 0 Å². The molecule has 2 N–H and O–H groups in total. The third-order valence-corrected chi connectivity index (χ3v) is 3.08. The second kappa shape index (κ2) is 5.14. The van der Waals surface area contributed by atoms with E-state index in [0.29, 0.717) is 11.3 Å². The van der Waals surface area contributed by atoms with E-state index < -0.39 is 11.8 Å².